The molecule has 4 aliphatic rings. The van der Waals surface area contributed by atoms with Crippen molar-refractivity contribution in [1.82, 2.24) is 0 Å². The third-order valence-corrected chi connectivity index (χ3v) is 7.78. The molecule has 2 saturated heterocycles. The Kier molecular flexibility index (Phi) is 7.35. The maximum atomic E-state index is 11.9. The summed E-state index contributed by atoms with van der Waals surface area (Å²) < 4.78 is 22.0. The molecule has 0 spiro atoms. The lowest BCUT2D eigenvalue weighted by Gasteiger charge is -2.26. The summed E-state index contributed by atoms with van der Waals surface area (Å²) in [5.74, 6) is 2.20. The average molecular weight is 423 g/mol. The van der Waals surface area contributed by atoms with Crippen LogP contribution in [0, 0.1) is 23.7 Å². The average Bonchev–Trinajstić information content (AvgIpc) is 3.61. The number of ether oxygens (including phenoxy) is 4. The first-order valence-corrected chi connectivity index (χ1v) is 12.1. The highest BCUT2D eigenvalue weighted by atomic mass is 16.6. The second-order valence-electron chi connectivity index (χ2n) is 10.1. The van der Waals surface area contributed by atoms with Crippen LogP contribution >= 0.6 is 0 Å². The van der Waals surface area contributed by atoms with Crippen molar-refractivity contribution in [2.75, 3.05) is 13.2 Å². The molecule has 4 rings (SSSR count). The van der Waals surface area contributed by atoms with Crippen LogP contribution in [-0.2, 0) is 28.5 Å². The second-order valence-corrected chi connectivity index (χ2v) is 10.1. The van der Waals surface area contributed by atoms with Crippen LogP contribution in [0.2, 0.25) is 0 Å². The zero-order chi connectivity index (χ0) is 21.1. The summed E-state index contributed by atoms with van der Waals surface area (Å²) in [6.45, 7) is 5.55. The van der Waals surface area contributed by atoms with Crippen LogP contribution in [-0.4, -0.2) is 49.6 Å². The van der Waals surface area contributed by atoms with Gasteiger partial charge in [-0.15, -0.1) is 0 Å². The van der Waals surface area contributed by atoms with Gasteiger partial charge in [0.1, 0.15) is 0 Å². The molecule has 0 aromatic heterocycles. The van der Waals surface area contributed by atoms with Gasteiger partial charge < -0.3 is 18.9 Å². The highest BCUT2D eigenvalue weighted by molar-refractivity contribution is 5.70. The van der Waals surface area contributed by atoms with Gasteiger partial charge in [-0.1, -0.05) is 13.8 Å². The fraction of sp³-hybridized carbons (Fsp3) is 0.917. The van der Waals surface area contributed by atoms with Crippen LogP contribution in [0.4, 0.5) is 0 Å². The number of hydrogen-bond donors (Lipinski definition) is 0. The van der Waals surface area contributed by atoms with Crippen molar-refractivity contribution in [2.24, 2.45) is 23.7 Å². The molecule has 30 heavy (non-hydrogen) atoms. The van der Waals surface area contributed by atoms with Gasteiger partial charge in [0.2, 0.25) is 0 Å². The lowest BCUT2D eigenvalue weighted by atomic mass is 9.79. The summed E-state index contributed by atoms with van der Waals surface area (Å²) in [6.07, 6.45) is 10.4. The van der Waals surface area contributed by atoms with Gasteiger partial charge in [0, 0.05) is 12.8 Å². The Balaban J connectivity index is 0.978. The van der Waals surface area contributed by atoms with Gasteiger partial charge in [-0.25, -0.2) is 0 Å². The molecule has 0 aromatic rings. The minimum atomic E-state index is -0.153. The molecule has 2 heterocycles. The first kappa shape index (κ1) is 22.1. The molecule has 8 atom stereocenters. The molecule has 0 bridgehead atoms. The van der Waals surface area contributed by atoms with E-state index in [1.807, 2.05) is 0 Å². The number of esters is 2. The zero-order valence-corrected chi connectivity index (χ0v) is 18.6. The summed E-state index contributed by atoms with van der Waals surface area (Å²) in [4.78, 5) is 23.8. The maximum Gasteiger partial charge on any atom is 0.305 e. The zero-order valence-electron chi connectivity index (χ0n) is 18.6. The van der Waals surface area contributed by atoms with E-state index in [1.165, 1.54) is 0 Å². The van der Waals surface area contributed by atoms with E-state index < -0.39 is 0 Å². The van der Waals surface area contributed by atoms with Crippen LogP contribution < -0.4 is 0 Å². The molecule has 0 aromatic carbocycles. The molecule has 2 saturated carbocycles. The van der Waals surface area contributed by atoms with E-state index in [1.54, 1.807) is 0 Å². The van der Waals surface area contributed by atoms with Gasteiger partial charge >= 0.3 is 11.9 Å². The smallest absolute Gasteiger partial charge is 0.305 e. The van der Waals surface area contributed by atoms with Gasteiger partial charge in [0.05, 0.1) is 37.6 Å². The molecule has 170 valence electrons. The van der Waals surface area contributed by atoms with Crippen molar-refractivity contribution < 1.29 is 28.5 Å². The minimum Gasteiger partial charge on any atom is -0.466 e. The Bertz CT molecular complexity index is 555. The molecule has 2 aliphatic carbocycles. The van der Waals surface area contributed by atoms with Gasteiger partial charge in [0.15, 0.2) is 0 Å². The Hall–Kier alpha value is -1.14. The first-order valence-electron chi connectivity index (χ1n) is 12.1. The number of carbonyl (C=O) groups excluding carboxylic acids is 2. The molecule has 0 N–H and O–H groups in total. The SMILES string of the molecule is CC1CC2OC2CC1CCOC(=O)CCCCC(=O)OCCC1CC2OC2CC1C. The lowest BCUT2D eigenvalue weighted by molar-refractivity contribution is -0.146. The molecule has 4 fully saturated rings. The van der Waals surface area contributed by atoms with Crippen LogP contribution in [0.15, 0.2) is 0 Å². The minimum absolute atomic E-state index is 0.153. The molecule has 0 radical (unpaired) electrons. The maximum absolute atomic E-state index is 11.9. The van der Waals surface area contributed by atoms with Gasteiger partial charge in [-0.3, -0.25) is 9.59 Å². The monoisotopic (exact) mass is 422 g/mol. The van der Waals surface area contributed by atoms with Crippen molar-refractivity contribution >= 4 is 11.9 Å². The van der Waals surface area contributed by atoms with Crippen molar-refractivity contribution in [1.29, 1.82) is 0 Å². The Morgan fingerprint density at radius 1 is 0.700 bits per heavy atom. The van der Waals surface area contributed by atoms with Crippen LogP contribution in [0.1, 0.15) is 78.1 Å². The Labute approximate surface area is 180 Å². The third-order valence-electron chi connectivity index (χ3n) is 7.78. The molecule has 6 nitrogen and oxygen atoms in total. The van der Waals surface area contributed by atoms with Crippen LogP contribution in [0.25, 0.3) is 0 Å². The summed E-state index contributed by atoms with van der Waals surface area (Å²) in [5, 5.41) is 0. The fourth-order valence-electron chi connectivity index (χ4n) is 5.50. The van der Waals surface area contributed by atoms with Crippen LogP contribution in [0.5, 0.6) is 0 Å². The third kappa shape index (κ3) is 6.19. The van der Waals surface area contributed by atoms with E-state index in [-0.39, 0.29) is 11.9 Å². The number of unbranched alkanes of at least 4 members (excludes halogenated alkanes) is 1. The predicted octanol–water partition coefficient (Wildman–Crippen LogP) is 4.04. The van der Waals surface area contributed by atoms with Gasteiger partial charge in [-0.05, 0) is 75.0 Å². The quantitative estimate of drug-likeness (QED) is 0.284. The van der Waals surface area contributed by atoms with E-state index >= 15 is 0 Å². The highest BCUT2D eigenvalue weighted by Crippen LogP contribution is 2.44. The Morgan fingerprint density at radius 3 is 1.53 bits per heavy atom. The largest absolute Gasteiger partial charge is 0.466 e. The molecule has 2 aliphatic heterocycles. The fourth-order valence-corrected chi connectivity index (χ4v) is 5.50. The summed E-state index contributed by atoms with van der Waals surface area (Å²) in [5.41, 5.74) is 0. The topological polar surface area (TPSA) is 77.7 Å². The van der Waals surface area contributed by atoms with Crippen LogP contribution in [0.3, 0.4) is 0 Å². The summed E-state index contributed by atoms with van der Waals surface area (Å²) >= 11 is 0. The van der Waals surface area contributed by atoms with E-state index in [4.69, 9.17) is 18.9 Å². The predicted molar refractivity (Wildman–Crippen MR) is 111 cm³/mol. The summed E-state index contributed by atoms with van der Waals surface area (Å²) in [6, 6.07) is 0. The number of rotatable bonds is 11. The summed E-state index contributed by atoms with van der Waals surface area (Å²) in [7, 11) is 0. The van der Waals surface area contributed by atoms with Crippen molar-refractivity contribution in [3.8, 4) is 0 Å². The molecule has 6 heteroatoms. The van der Waals surface area contributed by atoms with Crippen molar-refractivity contribution in [3.05, 3.63) is 0 Å². The molecular formula is C24H38O6. The highest BCUT2D eigenvalue weighted by Gasteiger charge is 2.47. The second kappa shape index (κ2) is 9.99. The number of fused-ring (bicyclic) bond motifs is 2. The van der Waals surface area contributed by atoms with Crippen molar-refractivity contribution in [3.63, 3.8) is 0 Å². The Morgan fingerprint density at radius 2 is 1.10 bits per heavy atom. The van der Waals surface area contributed by atoms with E-state index in [0.29, 0.717) is 87.0 Å². The number of epoxide rings is 2. The van der Waals surface area contributed by atoms with E-state index in [2.05, 4.69) is 13.8 Å². The molecular weight excluding hydrogens is 384 g/mol. The first-order chi connectivity index (χ1) is 14.5. The van der Waals surface area contributed by atoms with Gasteiger partial charge in [-0.2, -0.15) is 0 Å². The molecule has 0 amide bonds. The molecule has 8 unspecified atom stereocenters. The van der Waals surface area contributed by atoms with Crippen molar-refractivity contribution in [2.45, 2.75) is 102 Å². The number of hydrogen-bond acceptors (Lipinski definition) is 6. The standard InChI is InChI=1S/C24H38O6/c1-15-11-19-21(29-19)13-17(15)7-9-27-23(25)5-3-4-6-24(26)28-10-8-18-14-22-20(30-22)12-16(18)2/h15-22H,3-14H2,1-2H3. The lowest BCUT2D eigenvalue weighted by Crippen LogP contribution is -2.24. The van der Waals surface area contributed by atoms with Gasteiger partial charge in [0.25, 0.3) is 0 Å². The normalized spacial score (nSPS) is 38.9. The van der Waals surface area contributed by atoms with E-state index in [0.717, 1.165) is 38.5 Å². The van der Waals surface area contributed by atoms with E-state index in [9.17, 15) is 9.59 Å². The number of carbonyl (C=O) groups is 2.